The molecule has 0 saturated heterocycles. The van der Waals surface area contributed by atoms with Gasteiger partial charge in [0, 0.05) is 11.6 Å². The van der Waals surface area contributed by atoms with Crippen LogP contribution in [0.25, 0.3) is 10.9 Å². The molecule has 0 spiro atoms. The number of pyridine rings is 1. The van der Waals surface area contributed by atoms with Crippen LogP contribution in [0.2, 0.25) is 0 Å². The Morgan fingerprint density at radius 2 is 2.22 bits per heavy atom. The van der Waals surface area contributed by atoms with Gasteiger partial charge in [-0.1, -0.05) is 25.1 Å². The number of nitrogens with one attached hydrogen (secondary N) is 1. The van der Waals surface area contributed by atoms with E-state index in [2.05, 4.69) is 10.3 Å². The Labute approximate surface area is 105 Å². The fourth-order valence-electron chi connectivity index (χ4n) is 1.75. The molecule has 0 bridgehead atoms. The average Bonchev–Trinajstić information content (AvgIpc) is 2.43. The molecule has 1 amide bonds. The number of hydrogen-bond acceptors (Lipinski definition) is 3. The minimum Gasteiger partial charge on any atom is -0.336 e. The van der Waals surface area contributed by atoms with Gasteiger partial charge < -0.3 is 5.32 Å². The third-order valence-electron chi connectivity index (χ3n) is 2.75. The molecule has 1 N–H and O–H groups in total. The van der Waals surface area contributed by atoms with Crippen molar-refractivity contribution in [1.29, 1.82) is 5.26 Å². The van der Waals surface area contributed by atoms with Crippen LogP contribution in [0.1, 0.15) is 23.7 Å². The second-order valence-corrected chi connectivity index (χ2v) is 3.94. The number of nitrogens with zero attached hydrogens (tertiary/aromatic N) is 2. The van der Waals surface area contributed by atoms with E-state index in [1.165, 1.54) is 0 Å². The summed E-state index contributed by atoms with van der Waals surface area (Å²) in [4.78, 5) is 16.3. The molecule has 0 radical (unpaired) electrons. The van der Waals surface area contributed by atoms with Gasteiger partial charge in [0.1, 0.15) is 6.04 Å². The Hall–Kier alpha value is -2.41. The summed E-state index contributed by atoms with van der Waals surface area (Å²) in [5, 5.41) is 12.5. The summed E-state index contributed by atoms with van der Waals surface area (Å²) in [7, 11) is 0. The minimum atomic E-state index is -0.462. The molecule has 4 heteroatoms. The van der Waals surface area contributed by atoms with Crippen molar-refractivity contribution in [2.24, 2.45) is 0 Å². The molecule has 1 unspecified atom stereocenters. The monoisotopic (exact) mass is 239 g/mol. The molecular weight excluding hydrogens is 226 g/mol. The number of hydrogen-bond donors (Lipinski definition) is 1. The highest BCUT2D eigenvalue weighted by molar-refractivity contribution is 6.05. The number of amides is 1. The summed E-state index contributed by atoms with van der Waals surface area (Å²) in [6.07, 6.45) is 2.24. The van der Waals surface area contributed by atoms with Crippen molar-refractivity contribution in [3.8, 4) is 6.07 Å². The first-order chi connectivity index (χ1) is 8.76. The Morgan fingerprint density at radius 1 is 1.44 bits per heavy atom. The normalized spacial score (nSPS) is 11.8. The maximum absolute atomic E-state index is 12.1. The lowest BCUT2D eigenvalue weighted by atomic mass is 10.1. The van der Waals surface area contributed by atoms with Crippen LogP contribution in [0.4, 0.5) is 0 Å². The smallest absolute Gasteiger partial charge is 0.254 e. The molecule has 0 saturated carbocycles. The molecule has 4 nitrogen and oxygen atoms in total. The van der Waals surface area contributed by atoms with Crippen LogP contribution < -0.4 is 5.32 Å². The molecule has 0 aliphatic rings. The van der Waals surface area contributed by atoms with E-state index in [1.807, 2.05) is 37.3 Å². The number of fused-ring (bicyclic) bond motifs is 1. The molecule has 18 heavy (non-hydrogen) atoms. The lowest BCUT2D eigenvalue weighted by molar-refractivity contribution is 0.0946. The molecule has 0 fully saturated rings. The summed E-state index contributed by atoms with van der Waals surface area (Å²) in [6.45, 7) is 1.86. The topological polar surface area (TPSA) is 65.8 Å². The maximum Gasteiger partial charge on any atom is 0.254 e. The highest BCUT2D eigenvalue weighted by Crippen LogP contribution is 2.15. The number of nitriles is 1. The average molecular weight is 239 g/mol. The number of carbonyl (C=O) groups is 1. The van der Waals surface area contributed by atoms with E-state index in [9.17, 15) is 4.79 Å². The molecule has 1 aromatic heterocycles. The summed E-state index contributed by atoms with van der Waals surface area (Å²) in [5.41, 5.74) is 1.16. The van der Waals surface area contributed by atoms with Crippen LogP contribution in [0.15, 0.2) is 36.5 Å². The highest BCUT2D eigenvalue weighted by atomic mass is 16.1. The van der Waals surface area contributed by atoms with Gasteiger partial charge in [-0.25, -0.2) is 0 Å². The van der Waals surface area contributed by atoms with Gasteiger partial charge >= 0.3 is 0 Å². The zero-order chi connectivity index (χ0) is 13.0. The molecule has 90 valence electrons. The molecule has 2 rings (SSSR count). The quantitative estimate of drug-likeness (QED) is 0.893. The predicted octanol–water partition coefficient (Wildman–Crippen LogP) is 2.27. The summed E-state index contributed by atoms with van der Waals surface area (Å²) in [5.74, 6) is -0.257. The minimum absolute atomic E-state index is 0.257. The van der Waals surface area contributed by atoms with E-state index in [1.54, 1.807) is 12.3 Å². The highest BCUT2D eigenvalue weighted by Gasteiger charge is 2.14. The van der Waals surface area contributed by atoms with Crippen molar-refractivity contribution in [3.05, 3.63) is 42.1 Å². The van der Waals surface area contributed by atoms with Gasteiger partial charge in [-0.05, 0) is 18.6 Å². The van der Waals surface area contributed by atoms with Gasteiger partial charge in [0.25, 0.3) is 5.91 Å². The van der Waals surface area contributed by atoms with Crippen molar-refractivity contribution in [1.82, 2.24) is 10.3 Å². The van der Waals surface area contributed by atoms with Crippen LogP contribution in [-0.4, -0.2) is 16.9 Å². The SMILES string of the molecule is CCC(C#N)NC(=O)c1cccc2cccnc12. The van der Waals surface area contributed by atoms with Gasteiger partial charge in [0.15, 0.2) is 0 Å². The molecular formula is C14H13N3O. The molecule has 0 aliphatic carbocycles. The van der Waals surface area contributed by atoms with Crippen molar-refractivity contribution in [2.75, 3.05) is 0 Å². The number of aromatic nitrogens is 1. The van der Waals surface area contributed by atoms with Crippen molar-refractivity contribution in [3.63, 3.8) is 0 Å². The summed E-state index contributed by atoms with van der Waals surface area (Å²) < 4.78 is 0. The largest absolute Gasteiger partial charge is 0.336 e. The number of para-hydroxylation sites is 1. The van der Waals surface area contributed by atoms with Crippen LogP contribution in [0.3, 0.4) is 0 Å². The molecule has 1 aromatic carbocycles. The van der Waals surface area contributed by atoms with Crippen LogP contribution in [0, 0.1) is 11.3 Å². The Morgan fingerprint density at radius 3 is 2.94 bits per heavy atom. The number of rotatable bonds is 3. The van der Waals surface area contributed by atoms with Gasteiger partial charge in [-0.2, -0.15) is 5.26 Å². The number of carbonyl (C=O) groups excluding carboxylic acids is 1. The Kier molecular flexibility index (Phi) is 3.54. The molecule has 1 heterocycles. The van der Waals surface area contributed by atoms with Crippen molar-refractivity contribution >= 4 is 16.8 Å². The van der Waals surface area contributed by atoms with E-state index >= 15 is 0 Å². The first-order valence-electron chi connectivity index (χ1n) is 5.80. The lowest BCUT2D eigenvalue weighted by Crippen LogP contribution is -2.33. The third kappa shape index (κ3) is 2.30. The third-order valence-corrected chi connectivity index (χ3v) is 2.75. The summed E-state index contributed by atoms with van der Waals surface area (Å²) in [6, 6.07) is 10.7. The van der Waals surface area contributed by atoms with E-state index in [0.29, 0.717) is 17.5 Å². The zero-order valence-corrected chi connectivity index (χ0v) is 10.1. The molecule has 0 aliphatic heterocycles. The van der Waals surface area contributed by atoms with Crippen LogP contribution >= 0.6 is 0 Å². The number of benzene rings is 1. The van der Waals surface area contributed by atoms with E-state index in [0.717, 1.165) is 5.39 Å². The lowest BCUT2D eigenvalue weighted by Gasteiger charge is -2.10. The van der Waals surface area contributed by atoms with Gasteiger partial charge in [0.2, 0.25) is 0 Å². The second-order valence-electron chi connectivity index (χ2n) is 3.94. The van der Waals surface area contributed by atoms with Crippen LogP contribution in [0.5, 0.6) is 0 Å². The molecule has 2 aromatic rings. The van der Waals surface area contributed by atoms with Crippen molar-refractivity contribution in [2.45, 2.75) is 19.4 Å². The first kappa shape index (κ1) is 12.1. The van der Waals surface area contributed by atoms with E-state index in [-0.39, 0.29) is 5.91 Å². The second kappa shape index (κ2) is 5.28. The zero-order valence-electron chi connectivity index (χ0n) is 10.1. The van der Waals surface area contributed by atoms with Crippen molar-refractivity contribution < 1.29 is 4.79 Å². The Balaban J connectivity index is 2.37. The van der Waals surface area contributed by atoms with Gasteiger partial charge in [0.05, 0.1) is 17.1 Å². The molecule has 1 atom stereocenters. The van der Waals surface area contributed by atoms with Gasteiger partial charge in [-0.15, -0.1) is 0 Å². The summed E-state index contributed by atoms with van der Waals surface area (Å²) >= 11 is 0. The maximum atomic E-state index is 12.1. The van der Waals surface area contributed by atoms with E-state index in [4.69, 9.17) is 5.26 Å². The predicted molar refractivity (Wildman–Crippen MR) is 68.9 cm³/mol. The standard InChI is InChI=1S/C14H13N3O/c1-2-11(9-15)17-14(18)12-7-3-5-10-6-4-8-16-13(10)12/h3-8,11H,2H2,1H3,(H,17,18). The van der Waals surface area contributed by atoms with Gasteiger partial charge in [-0.3, -0.25) is 9.78 Å². The fraction of sp³-hybridized carbons (Fsp3) is 0.214. The van der Waals surface area contributed by atoms with Crippen LogP contribution in [-0.2, 0) is 0 Å². The van der Waals surface area contributed by atoms with E-state index < -0.39 is 6.04 Å². The first-order valence-corrected chi connectivity index (χ1v) is 5.80. The fourth-order valence-corrected chi connectivity index (χ4v) is 1.75. The Bertz CT molecular complexity index is 610.